The number of hydrogen-bond donors (Lipinski definition) is 0. The van der Waals surface area contributed by atoms with Crippen molar-refractivity contribution in [3.05, 3.63) is 106 Å². The smallest absolute Gasteiger partial charge is 0.0701 e. The Morgan fingerprint density at radius 3 is 0.833 bits per heavy atom. The van der Waals surface area contributed by atoms with Gasteiger partial charge in [0.05, 0.1) is 130 Å². The van der Waals surface area contributed by atoms with E-state index in [-0.39, 0.29) is 10.8 Å². The molecular weight excluding hydrogens is 837 g/mol. The lowest BCUT2D eigenvalue weighted by Gasteiger charge is -2.56. The van der Waals surface area contributed by atoms with Crippen LogP contribution in [0.2, 0.25) is 0 Å². The molecule has 2 heterocycles. The summed E-state index contributed by atoms with van der Waals surface area (Å²) in [4.78, 5) is 4.93. The molecule has 366 valence electrons. The fourth-order valence-corrected chi connectivity index (χ4v) is 10.2. The molecular formula is C54H80N2O10. The Morgan fingerprint density at radius 1 is 0.318 bits per heavy atom. The number of hydrogen-bond acceptors (Lipinski definition) is 12. The molecule has 0 spiro atoms. The Kier molecular flexibility index (Phi) is 22.6. The van der Waals surface area contributed by atoms with E-state index in [1.54, 1.807) is 0 Å². The lowest BCUT2D eigenvalue weighted by Crippen LogP contribution is -2.54. The second-order valence-electron chi connectivity index (χ2n) is 18.0. The highest BCUT2D eigenvalue weighted by molar-refractivity contribution is 5.75. The zero-order valence-corrected chi connectivity index (χ0v) is 39.9. The first-order valence-corrected chi connectivity index (χ1v) is 25.4. The van der Waals surface area contributed by atoms with Crippen molar-refractivity contribution in [1.82, 2.24) is 9.80 Å². The fraction of sp³-hybridized carbons (Fsp3) is 0.667. The minimum absolute atomic E-state index is 0.380. The van der Waals surface area contributed by atoms with Crippen LogP contribution in [0.4, 0.5) is 0 Å². The number of benzene rings is 3. The third-order valence-corrected chi connectivity index (χ3v) is 13.6. The summed E-state index contributed by atoms with van der Waals surface area (Å²) in [5, 5.41) is 0. The number of ether oxygens (including phenoxy) is 10. The van der Waals surface area contributed by atoms with Crippen LogP contribution in [0, 0.1) is 0 Å². The van der Waals surface area contributed by atoms with E-state index in [0.29, 0.717) is 119 Å². The molecule has 12 nitrogen and oxygen atoms in total. The molecule has 0 saturated carbocycles. The van der Waals surface area contributed by atoms with E-state index in [9.17, 15) is 0 Å². The summed E-state index contributed by atoms with van der Waals surface area (Å²) in [5.41, 5.74) is 7.36. The molecule has 5 aliphatic rings. The quantitative estimate of drug-likeness (QED) is 0.124. The number of nitrogens with zero attached hydrogens (tertiary/aromatic N) is 2. The Morgan fingerprint density at radius 2 is 0.561 bits per heavy atom. The van der Waals surface area contributed by atoms with E-state index in [1.165, 1.54) is 46.2 Å². The molecule has 0 unspecified atom stereocenters. The summed E-state index contributed by atoms with van der Waals surface area (Å²) in [7, 11) is 0. The zero-order valence-electron chi connectivity index (χ0n) is 39.9. The van der Waals surface area contributed by atoms with E-state index in [0.717, 1.165) is 91.0 Å². The zero-order chi connectivity index (χ0) is 45.2. The van der Waals surface area contributed by atoms with Gasteiger partial charge in [0.15, 0.2) is 0 Å². The van der Waals surface area contributed by atoms with Crippen LogP contribution in [0.1, 0.15) is 84.7 Å². The van der Waals surface area contributed by atoms with E-state index in [1.807, 2.05) is 0 Å². The number of unbranched alkanes of at least 4 members (excludes halogenated alkanes) is 6. The van der Waals surface area contributed by atoms with Crippen LogP contribution in [0.25, 0.3) is 0 Å². The first-order chi connectivity index (χ1) is 32.8. The molecule has 0 atom stereocenters. The molecule has 2 fully saturated rings. The monoisotopic (exact) mass is 917 g/mol. The van der Waals surface area contributed by atoms with Gasteiger partial charge in [0.1, 0.15) is 0 Å². The molecule has 0 N–H and O–H groups in total. The molecule has 66 heavy (non-hydrogen) atoms. The molecule has 0 radical (unpaired) electrons. The number of rotatable bonds is 18. The van der Waals surface area contributed by atoms with E-state index in [2.05, 4.69) is 82.6 Å². The maximum Gasteiger partial charge on any atom is 0.0701 e. The van der Waals surface area contributed by atoms with E-state index < -0.39 is 0 Å². The van der Waals surface area contributed by atoms with Gasteiger partial charge in [-0.15, -0.1) is 0 Å². The summed E-state index contributed by atoms with van der Waals surface area (Å²) in [6.07, 6.45) is 9.00. The molecule has 0 aromatic heterocycles. The Balaban J connectivity index is 0.888. The van der Waals surface area contributed by atoms with Gasteiger partial charge in [-0.25, -0.2) is 0 Å². The van der Waals surface area contributed by atoms with Crippen LogP contribution < -0.4 is 0 Å². The van der Waals surface area contributed by atoms with Gasteiger partial charge in [-0.05, 0) is 72.2 Å². The highest BCUT2D eigenvalue weighted by Crippen LogP contribution is 2.62. The summed E-state index contributed by atoms with van der Waals surface area (Å²) in [6, 6.07) is 27.3. The largest absolute Gasteiger partial charge is 0.380 e. The Bertz CT molecular complexity index is 1500. The first kappa shape index (κ1) is 51.0. The van der Waals surface area contributed by atoms with Crippen LogP contribution >= 0.6 is 0 Å². The summed E-state index contributed by atoms with van der Waals surface area (Å²) < 4.78 is 59.3. The fourth-order valence-electron chi connectivity index (χ4n) is 10.2. The van der Waals surface area contributed by atoms with Crippen LogP contribution in [-0.4, -0.2) is 181 Å². The maximum atomic E-state index is 6.81. The average molecular weight is 917 g/mol. The third-order valence-electron chi connectivity index (χ3n) is 13.6. The first-order valence-electron chi connectivity index (χ1n) is 25.4. The van der Waals surface area contributed by atoms with E-state index in [4.69, 9.17) is 47.4 Å². The van der Waals surface area contributed by atoms with E-state index >= 15 is 0 Å². The molecule has 2 aliphatic heterocycles. The van der Waals surface area contributed by atoms with Crippen LogP contribution in [0.15, 0.2) is 72.8 Å². The van der Waals surface area contributed by atoms with Gasteiger partial charge < -0.3 is 47.4 Å². The molecule has 0 amide bonds. The van der Waals surface area contributed by atoms with Crippen LogP contribution in [-0.2, 0) is 58.2 Å². The van der Waals surface area contributed by atoms with Crippen molar-refractivity contribution < 1.29 is 47.4 Å². The molecule has 3 aliphatic carbocycles. The van der Waals surface area contributed by atoms with Gasteiger partial charge in [0.25, 0.3) is 0 Å². The predicted molar refractivity (Wildman–Crippen MR) is 257 cm³/mol. The van der Waals surface area contributed by atoms with Gasteiger partial charge in [-0.1, -0.05) is 98.5 Å². The second kappa shape index (κ2) is 29.3. The van der Waals surface area contributed by atoms with Gasteiger partial charge >= 0.3 is 0 Å². The summed E-state index contributed by atoms with van der Waals surface area (Å²) >= 11 is 0. The average Bonchev–Trinajstić information content (AvgIpc) is 3.37. The molecule has 2 saturated heterocycles. The molecule has 3 aromatic carbocycles. The Hall–Kier alpha value is -2.82. The van der Waals surface area contributed by atoms with Crippen LogP contribution in [0.3, 0.4) is 0 Å². The van der Waals surface area contributed by atoms with Crippen molar-refractivity contribution in [1.29, 1.82) is 0 Å². The minimum atomic E-state index is -0.380. The van der Waals surface area contributed by atoms with Crippen molar-refractivity contribution in [2.45, 2.75) is 62.2 Å². The predicted octanol–water partition coefficient (Wildman–Crippen LogP) is 6.90. The van der Waals surface area contributed by atoms with Gasteiger partial charge in [-0.3, -0.25) is 9.80 Å². The topological polar surface area (TPSA) is 98.8 Å². The van der Waals surface area contributed by atoms with Crippen molar-refractivity contribution >= 4 is 0 Å². The molecule has 2 bridgehead atoms. The van der Waals surface area contributed by atoms with Gasteiger partial charge in [-0.2, -0.15) is 0 Å². The molecule has 3 aromatic rings. The normalized spacial score (nSPS) is 23.6. The highest BCUT2D eigenvalue weighted by Gasteiger charge is 2.58. The lowest BCUT2D eigenvalue weighted by atomic mass is 9.47. The van der Waals surface area contributed by atoms with Gasteiger partial charge in [0, 0.05) is 39.4 Å². The highest BCUT2D eigenvalue weighted by atomic mass is 16.6. The van der Waals surface area contributed by atoms with Crippen molar-refractivity contribution in [3.63, 3.8) is 0 Å². The Labute approximate surface area is 395 Å². The molecule has 12 heteroatoms. The SMILES string of the molecule is c1ccc2c(c1)C1(COCCCCCCN3CCOCCOCCOCCOCC3)c3ccccc3C2(COCCCCCCN2CCOCCOCCOCCOCC2)c2ccccc21. The van der Waals surface area contributed by atoms with Crippen LogP contribution in [0.5, 0.6) is 0 Å². The minimum Gasteiger partial charge on any atom is -0.380 e. The van der Waals surface area contributed by atoms with Gasteiger partial charge in [0.2, 0.25) is 0 Å². The lowest BCUT2D eigenvalue weighted by molar-refractivity contribution is 0.00206. The maximum absolute atomic E-state index is 6.81. The van der Waals surface area contributed by atoms with Crippen molar-refractivity contribution in [2.75, 3.05) is 171 Å². The molecule has 8 rings (SSSR count). The third kappa shape index (κ3) is 14.4. The summed E-state index contributed by atoms with van der Waals surface area (Å²) in [5.74, 6) is 0. The second-order valence-corrected chi connectivity index (χ2v) is 18.0. The summed E-state index contributed by atoms with van der Waals surface area (Å²) in [6.45, 7) is 18.6. The van der Waals surface area contributed by atoms with Crippen molar-refractivity contribution in [2.24, 2.45) is 0 Å². The standard InChI is InChI=1S/C54H80N2O10/c1(11-21-55-23-29-57-33-37-61-41-42-62-38-34-58-30-24-55)3-13-27-65-45-53-47-15-5-8-18-50(47)54(51-19-9-6-16-48(51)53,52-20-10-7-17-49(52)53)46-66-28-14-4-2-12-22-56-25-31-59-35-39-63-43-44-64-40-36-60-32-26-56/h5-10,15-20H,1-4,11-14,21-46H2. The van der Waals surface area contributed by atoms with Crippen molar-refractivity contribution in [3.8, 4) is 0 Å².